The topological polar surface area (TPSA) is 59.6 Å². The van der Waals surface area contributed by atoms with Crippen LogP contribution in [0.3, 0.4) is 0 Å². The number of hydrogen-bond acceptors (Lipinski definition) is 2. The van der Waals surface area contributed by atoms with Crippen molar-refractivity contribution >= 4 is 11.6 Å². The first-order valence-electron chi connectivity index (χ1n) is 3.89. The molecule has 0 radical (unpaired) electrons. The molecule has 0 saturated carbocycles. The smallest absolute Gasteiger partial charge is 0.192 e. The molecule has 0 aromatic heterocycles. The van der Waals surface area contributed by atoms with E-state index in [1.807, 2.05) is 24.3 Å². The van der Waals surface area contributed by atoms with Gasteiger partial charge in [-0.3, -0.25) is 4.99 Å². The summed E-state index contributed by atoms with van der Waals surface area (Å²) in [7, 11) is 3.26. The summed E-state index contributed by atoms with van der Waals surface area (Å²) in [6.45, 7) is 0. The van der Waals surface area contributed by atoms with Gasteiger partial charge < -0.3 is 15.8 Å². The Kier molecular flexibility index (Phi) is 3.14. The largest absolute Gasteiger partial charge is 0.497 e. The van der Waals surface area contributed by atoms with Gasteiger partial charge in [-0.2, -0.15) is 0 Å². The number of ether oxygens (including phenoxy) is 1. The molecular weight excluding hydrogens is 166 g/mol. The zero-order valence-corrected chi connectivity index (χ0v) is 7.74. The molecule has 4 nitrogen and oxygen atoms in total. The number of aliphatic imine (C=N–C) groups is 1. The van der Waals surface area contributed by atoms with Crippen molar-refractivity contribution in [1.29, 1.82) is 0 Å². The Balaban J connectivity index is 2.69. The SMILES string of the molecule is CN=C(N)Nc1ccc(OC)cc1. The number of methoxy groups -OCH3 is 1. The summed E-state index contributed by atoms with van der Waals surface area (Å²) in [6, 6.07) is 7.45. The second kappa shape index (κ2) is 4.35. The quantitative estimate of drug-likeness (QED) is 0.527. The van der Waals surface area contributed by atoms with Crippen LogP contribution in [-0.2, 0) is 0 Å². The normalized spacial score (nSPS) is 11.1. The van der Waals surface area contributed by atoms with Crippen molar-refractivity contribution in [2.24, 2.45) is 10.7 Å². The lowest BCUT2D eigenvalue weighted by atomic mass is 10.3. The Morgan fingerprint density at radius 1 is 1.38 bits per heavy atom. The fourth-order valence-corrected chi connectivity index (χ4v) is 0.878. The molecule has 3 N–H and O–H groups in total. The molecule has 0 bridgehead atoms. The summed E-state index contributed by atoms with van der Waals surface area (Å²) in [4.78, 5) is 3.78. The predicted octanol–water partition coefficient (Wildman–Crippen LogP) is 1.05. The first kappa shape index (κ1) is 9.38. The van der Waals surface area contributed by atoms with Gasteiger partial charge in [0.15, 0.2) is 5.96 Å². The third-order valence-electron chi connectivity index (χ3n) is 1.60. The second-order valence-electron chi connectivity index (χ2n) is 2.46. The average Bonchev–Trinajstić information content (AvgIpc) is 2.19. The van der Waals surface area contributed by atoms with Gasteiger partial charge in [-0.05, 0) is 24.3 Å². The number of anilines is 1. The lowest BCUT2D eigenvalue weighted by Gasteiger charge is -2.05. The third-order valence-corrected chi connectivity index (χ3v) is 1.60. The third kappa shape index (κ3) is 2.66. The van der Waals surface area contributed by atoms with Crippen molar-refractivity contribution < 1.29 is 4.74 Å². The van der Waals surface area contributed by atoms with Crippen LogP contribution in [0.15, 0.2) is 29.3 Å². The number of nitrogens with two attached hydrogens (primary N) is 1. The lowest BCUT2D eigenvalue weighted by Crippen LogP contribution is -2.21. The van der Waals surface area contributed by atoms with Gasteiger partial charge in [-0.25, -0.2) is 0 Å². The van der Waals surface area contributed by atoms with E-state index in [0.29, 0.717) is 5.96 Å². The minimum atomic E-state index is 0.394. The maximum absolute atomic E-state index is 5.48. The van der Waals surface area contributed by atoms with Gasteiger partial charge in [0.25, 0.3) is 0 Å². The molecule has 0 aliphatic heterocycles. The van der Waals surface area contributed by atoms with Crippen LogP contribution in [0.25, 0.3) is 0 Å². The minimum absolute atomic E-state index is 0.394. The molecule has 0 unspecified atom stereocenters. The number of hydrogen-bond donors (Lipinski definition) is 2. The highest BCUT2D eigenvalue weighted by Crippen LogP contribution is 2.14. The number of nitrogens with one attached hydrogen (secondary N) is 1. The number of nitrogens with zero attached hydrogens (tertiary/aromatic N) is 1. The fraction of sp³-hybridized carbons (Fsp3) is 0.222. The van der Waals surface area contributed by atoms with Crippen molar-refractivity contribution in [2.75, 3.05) is 19.5 Å². The van der Waals surface area contributed by atoms with Gasteiger partial charge in [-0.1, -0.05) is 0 Å². The molecule has 0 atom stereocenters. The van der Waals surface area contributed by atoms with E-state index in [2.05, 4.69) is 10.3 Å². The molecule has 0 spiro atoms. The van der Waals surface area contributed by atoms with E-state index in [9.17, 15) is 0 Å². The van der Waals surface area contributed by atoms with Gasteiger partial charge >= 0.3 is 0 Å². The summed E-state index contributed by atoms with van der Waals surface area (Å²) in [5.41, 5.74) is 6.38. The monoisotopic (exact) mass is 179 g/mol. The van der Waals surface area contributed by atoms with Gasteiger partial charge in [0.1, 0.15) is 5.75 Å². The zero-order chi connectivity index (χ0) is 9.68. The first-order chi connectivity index (χ1) is 6.26. The molecule has 13 heavy (non-hydrogen) atoms. The van der Waals surface area contributed by atoms with Crippen LogP contribution in [0.4, 0.5) is 5.69 Å². The van der Waals surface area contributed by atoms with Crippen molar-refractivity contribution in [2.45, 2.75) is 0 Å². The Labute approximate surface area is 77.4 Å². The molecule has 1 aromatic rings. The van der Waals surface area contributed by atoms with E-state index in [0.717, 1.165) is 11.4 Å². The van der Waals surface area contributed by atoms with E-state index in [4.69, 9.17) is 10.5 Å². The lowest BCUT2D eigenvalue weighted by molar-refractivity contribution is 0.415. The molecule has 0 heterocycles. The molecule has 4 heteroatoms. The number of benzene rings is 1. The fourth-order valence-electron chi connectivity index (χ4n) is 0.878. The highest BCUT2D eigenvalue weighted by molar-refractivity contribution is 5.92. The van der Waals surface area contributed by atoms with Gasteiger partial charge in [0, 0.05) is 12.7 Å². The molecule has 0 saturated heterocycles. The molecule has 0 amide bonds. The summed E-state index contributed by atoms with van der Waals surface area (Å²) in [5, 5.41) is 2.92. The Hall–Kier alpha value is -1.71. The van der Waals surface area contributed by atoms with Crippen LogP contribution in [0, 0.1) is 0 Å². The van der Waals surface area contributed by atoms with Crippen molar-refractivity contribution in [3.05, 3.63) is 24.3 Å². The Bertz CT molecular complexity index is 292. The van der Waals surface area contributed by atoms with E-state index in [1.165, 1.54) is 0 Å². The molecule has 0 fully saturated rings. The first-order valence-corrected chi connectivity index (χ1v) is 3.89. The standard InChI is InChI=1S/C9H13N3O/c1-11-9(10)12-7-3-5-8(13-2)6-4-7/h3-6H,1-2H3,(H3,10,11,12). The molecule has 1 rings (SSSR count). The van der Waals surface area contributed by atoms with Crippen LogP contribution in [0.5, 0.6) is 5.75 Å². The molecule has 0 aliphatic rings. The van der Waals surface area contributed by atoms with Crippen LogP contribution in [-0.4, -0.2) is 20.1 Å². The van der Waals surface area contributed by atoms with Gasteiger partial charge in [-0.15, -0.1) is 0 Å². The van der Waals surface area contributed by atoms with E-state index in [1.54, 1.807) is 14.2 Å². The van der Waals surface area contributed by atoms with E-state index < -0.39 is 0 Å². The van der Waals surface area contributed by atoms with Crippen LogP contribution < -0.4 is 15.8 Å². The summed E-state index contributed by atoms with van der Waals surface area (Å²) in [5.74, 6) is 1.21. The molecule has 1 aromatic carbocycles. The number of rotatable bonds is 2. The predicted molar refractivity (Wildman–Crippen MR) is 54.2 cm³/mol. The Morgan fingerprint density at radius 3 is 2.46 bits per heavy atom. The van der Waals surface area contributed by atoms with Crippen molar-refractivity contribution in [3.8, 4) is 5.75 Å². The van der Waals surface area contributed by atoms with Crippen molar-refractivity contribution in [3.63, 3.8) is 0 Å². The summed E-state index contributed by atoms with van der Waals surface area (Å²) in [6.07, 6.45) is 0. The highest BCUT2D eigenvalue weighted by atomic mass is 16.5. The average molecular weight is 179 g/mol. The maximum Gasteiger partial charge on any atom is 0.192 e. The molecular formula is C9H13N3O. The van der Waals surface area contributed by atoms with Crippen LogP contribution >= 0.6 is 0 Å². The van der Waals surface area contributed by atoms with Crippen LogP contribution in [0.2, 0.25) is 0 Å². The van der Waals surface area contributed by atoms with Gasteiger partial charge in [0.05, 0.1) is 7.11 Å². The highest BCUT2D eigenvalue weighted by Gasteiger charge is 1.94. The minimum Gasteiger partial charge on any atom is -0.497 e. The Morgan fingerprint density at radius 2 is 2.00 bits per heavy atom. The summed E-state index contributed by atoms with van der Waals surface area (Å²) >= 11 is 0. The second-order valence-corrected chi connectivity index (χ2v) is 2.46. The van der Waals surface area contributed by atoms with E-state index in [-0.39, 0.29) is 0 Å². The summed E-state index contributed by atoms with van der Waals surface area (Å²) < 4.78 is 5.01. The zero-order valence-electron chi connectivity index (χ0n) is 7.74. The van der Waals surface area contributed by atoms with Crippen LogP contribution in [0.1, 0.15) is 0 Å². The molecule has 70 valence electrons. The molecule has 0 aliphatic carbocycles. The van der Waals surface area contributed by atoms with E-state index >= 15 is 0 Å². The van der Waals surface area contributed by atoms with Gasteiger partial charge in [0.2, 0.25) is 0 Å². The van der Waals surface area contributed by atoms with Crippen molar-refractivity contribution in [1.82, 2.24) is 0 Å². The number of guanidine groups is 1. The maximum atomic E-state index is 5.48.